The van der Waals surface area contributed by atoms with Crippen molar-refractivity contribution in [3.63, 3.8) is 0 Å². The van der Waals surface area contributed by atoms with Crippen LogP contribution in [0.3, 0.4) is 0 Å². The van der Waals surface area contributed by atoms with Gasteiger partial charge in [0.05, 0.1) is 12.5 Å². The fraction of sp³-hybridized carbons (Fsp3) is 0.333. The van der Waals surface area contributed by atoms with Crippen molar-refractivity contribution in [1.82, 2.24) is 0 Å². The van der Waals surface area contributed by atoms with Gasteiger partial charge in [0.1, 0.15) is 6.29 Å². The Balaban J connectivity index is 0. The number of aldehydes is 1. The van der Waals surface area contributed by atoms with Crippen molar-refractivity contribution >= 4 is 35.8 Å². The number of hydrogen-bond donors (Lipinski definition) is 0. The summed E-state index contributed by atoms with van der Waals surface area (Å²) in [7, 11) is 0. The molecule has 0 aromatic heterocycles. The predicted octanol–water partition coefficient (Wildman–Crippen LogP) is -0.550. The van der Waals surface area contributed by atoms with Gasteiger partial charge in [-0.2, -0.15) is 5.26 Å². The first-order chi connectivity index (χ1) is 2.41. The first-order valence-corrected chi connectivity index (χ1v) is 1.22. The van der Waals surface area contributed by atoms with Gasteiger partial charge in [0.2, 0.25) is 0 Å². The molecular formula is C3H4NNaO. The zero-order valence-electron chi connectivity index (χ0n) is 2.64. The quantitative estimate of drug-likeness (QED) is 0.322. The van der Waals surface area contributed by atoms with E-state index in [1.807, 2.05) is 0 Å². The molecule has 28 valence electrons. The molecule has 0 fully saturated rings. The van der Waals surface area contributed by atoms with Crippen LogP contribution in [-0.4, -0.2) is 35.8 Å². The maximum atomic E-state index is 9.18. The molecule has 0 bridgehead atoms. The van der Waals surface area contributed by atoms with E-state index in [0.29, 0.717) is 6.29 Å². The van der Waals surface area contributed by atoms with Crippen molar-refractivity contribution in [2.24, 2.45) is 0 Å². The number of nitriles is 1. The minimum absolute atomic E-state index is 0. The molecule has 0 aliphatic carbocycles. The standard InChI is InChI=1S/C3H3NO.Na.H/c4-2-1-3-5;;/h3H,1H2;;. The van der Waals surface area contributed by atoms with Crippen molar-refractivity contribution < 1.29 is 4.79 Å². The van der Waals surface area contributed by atoms with Crippen molar-refractivity contribution in [2.75, 3.05) is 0 Å². The van der Waals surface area contributed by atoms with E-state index in [1.54, 1.807) is 6.07 Å². The van der Waals surface area contributed by atoms with Gasteiger partial charge in [0, 0.05) is 0 Å². The zero-order valence-corrected chi connectivity index (χ0v) is 2.64. The molecule has 0 amide bonds. The van der Waals surface area contributed by atoms with Gasteiger partial charge >= 0.3 is 29.6 Å². The summed E-state index contributed by atoms with van der Waals surface area (Å²) in [5, 5.41) is 7.58. The Labute approximate surface area is 58.4 Å². The number of hydrogen-bond acceptors (Lipinski definition) is 2. The van der Waals surface area contributed by atoms with Crippen LogP contribution in [0.1, 0.15) is 6.42 Å². The molecule has 6 heavy (non-hydrogen) atoms. The van der Waals surface area contributed by atoms with Crippen molar-refractivity contribution in [2.45, 2.75) is 6.42 Å². The summed E-state index contributed by atoms with van der Waals surface area (Å²) in [4.78, 5) is 9.18. The molecule has 0 aromatic rings. The van der Waals surface area contributed by atoms with Crippen LogP contribution in [0.15, 0.2) is 0 Å². The second kappa shape index (κ2) is 8.94. The first kappa shape index (κ1) is 9.48. The Morgan fingerprint density at radius 3 is 2.33 bits per heavy atom. The van der Waals surface area contributed by atoms with E-state index in [2.05, 4.69) is 0 Å². The van der Waals surface area contributed by atoms with E-state index in [-0.39, 0.29) is 36.0 Å². The Morgan fingerprint density at radius 2 is 2.33 bits per heavy atom. The normalized spacial score (nSPS) is 4.50. The van der Waals surface area contributed by atoms with Crippen molar-refractivity contribution in [3.8, 4) is 6.07 Å². The van der Waals surface area contributed by atoms with Gasteiger partial charge in [-0.3, -0.25) is 0 Å². The molecule has 0 spiro atoms. The van der Waals surface area contributed by atoms with Crippen molar-refractivity contribution in [1.29, 1.82) is 5.26 Å². The third kappa shape index (κ3) is 8.90. The van der Waals surface area contributed by atoms with Gasteiger partial charge in [0.25, 0.3) is 0 Å². The molecule has 0 radical (unpaired) electrons. The van der Waals surface area contributed by atoms with E-state index >= 15 is 0 Å². The van der Waals surface area contributed by atoms with Gasteiger partial charge < -0.3 is 4.79 Å². The summed E-state index contributed by atoms with van der Waals surface area (Å²) in [6.07, 6.45) is 0.583. The molecule has 2 nitrogen and oxygen atoms in total. The van der Waals surface area contributed by atoms with Crippen LogP contribution in [0.5, 0.6) is 0 Å². The molecular weight excluding hydrogens is 89.0 g/mol. The van der Waals surface area contributed by atoms with Crippen LogP contribution in [-0.2, 0) is 4.79 Å². The van der Waals surface area contributed by atoms with Gasteiger partial charge in [-0.1, -0.05) is 0 Å². The fourth-order valence-corrected chi connectivity index (χ4v) is 0.0373. The molecule has 0 unspecified atom stereocenters. The van der Waals surface area contributed by atoms with E-state index in [1.165, 1.54) is 0 Å². The summed E-state index contributed by atoms with van der Waals surface area (Å²) in [5.74, 6) is 0. The van der Waals surface area contributed by atoms with Crippen LogP contribution >= 0.6 is 0 Å². The van der Waals surface area contributed by atoms with Crippen LogP contribution in [0, 0.1) is 11.3 Å². The SMILES string of the molecule is N#CCC=O.[NaH]. The topological polar surface area (TPSA) is 40.9 Å². The Morgan fingerprint density at radius 1 is 1.83 bits per heavy atom. The minimum atomic E-state index is 0. The summed E-state index contributed by atoms with van der Waals surface area (Å²) < 4.78 is 0. The van der Waals surface area contributed by atoms with E-state index in [9.17, 15) is 4.79 Å². The molecule has 0 rings (SSSR count). The van der Waals surface area contributed by atoms with Gasteiger partial charge in [-0.15, -0.1) is 0 Å². The van der Waals surface area contributed by atoms with E-state index in [0.717, 1.165) is 0 Å². The molecule has 0 aliphatic rings. The van der Waals surface area contributed by atoms with Gasteiger partial charge in [-0.05, 0) is 0 Å². The molecule has 3 heteroatoms. The second-order valence-corrected chi connectivity index (χ2v) is 0.529. The molecule has 0 saturated carbocycles. The van der Waals surface area contributed by atoms with E-state index < -0.39 is 0 Å². The maximum absolute atomic E-state index is 9.18. The third-order valence-corrected chi connectivity index (χ3v) is 0.175. The number of nitrogens with zero attached hydrogens (tertiary/aromatic N) is 1. The number of carbonyl (C=O) groups is 1. The summed E-state index contributed by atoms with van der Waals surface area (Å²) in [6.45, 7) is 0. The summed E-state index contributed by atoms with van der Waals surface area (Å²) >= 11 is 0. The molecule has 0 saturated heterocycles. The zero-order chi connectivity index (χ0) is 4.12. The predicted molar refractivity (Wildman–Crippen MR) is 23.4 cm³/mol. The third-order valence-electron chi connectivity index (χ3n) is 0.175. The van der Waals surface area contributed by atoms with Crippen molar-refractivity contribution in [3.05, 3.63) is 0 Å². The number of rotatable bonds is 1. The average molecular weight is 93.1 g/mol. The Bertz CT molecular complexity index is 65.7. The molecule has 0 N–H and O–H groups in total. The van der Waals surface area contributed by atoms with Gasteiger partial charge in [-0.25, -0.2) is 0 Å². The van der Waals surface area contributed by atoms with Gasteiger partial charge in [0.15, 0.2) is 0 Å². The first-order valence-electron chi connectivity index (χ1n) is 1.22. The summed E-state index contributed by atoms with van der Waals surface area (Å²) in [6, 6.07) is 1.65. The fourth-order valence-electron chi connectivity index (χ4n) is 0.0373. The van der Waals surface area contributed by atoms with Crippen LogP contribution in [0.4, 0.5) is 0 Å². The van der Waals surface area contributed by atoms with Crippen LogP contribution in [0.2, 0.25) is 0 Å². The van der Waals surface area contributed by atoms with Crippen LogP contribution < -0.4 is 0 Å². The molecule has 0 aliphatic heterocycles. The molecule has 0 heterocycles. The molecule has 0 aromatic carbocycles. The Kier molecular flexibility index (Phi) is 14.1. The molecule has 0 atom stereocenters. The summed E-state index contributed by atoms with van der Waals surface area (Å²) in [5.41, 5.74) is 0. The monoisotopic (exact) mass is 93.0 g/mol. The second-order valence-electron chi connectivity index (χ2n) is 0.529. The Hall–Kier alpha value is 0.160. The number of carbonyl (C=O) groups excluding carboxylic acids is 1. The average Bonchev–Trinajstić information content (AvgIpc) is 1.41. The van der Waals surface area contributed by atoms with E-state index in [4.69, 9.17) is 5.26 Å². The van der Waals surface area contributed by atoms with Crippen LogP contribution in [0.25, 0.3) is 0 Å².